The van der Waals surface area contributed by atoms with E-state index in [1.807, 2.05) is 24.3 Å². The van der Waals surface area contributed by atoms with E-state index in [9.17, 15) is 9.59 Å². The number of methoxy groups -OCH3 is 2. The zero-order valence-corrected chi connectivity index (χ0v) is 18.3. The van der Waals surface area contributed by atoms with Crippen molar-refractivity contribution >= 4 is 23.2 Å². The molecule has 1 aromatic heterocycles. The maximum absolute atomic E-state index is 12.2. The zero-order valence-electron chi connectivity index (χ0n) is 17.5. The van der Waals surface area contributed by atoms with Gasteiger partial charge in [-0.3, -0.25) is 4.79 Å². The molecule has 0 radical (unpaired) electrons. The van der Waals surface area contributed by atoms with E-state index in [0.717, 1.165) is 24.8 Å². The minimum atomic E-state index is -0.443. The number of rotatable bonds is 11. The fraction of sp³-hybridized carbons (Fsp3) is 0.455. The number of carbonyl (C=O) groups is 2. The Labute approximate surface area is 176 Å². The van der Waals surface area contributed by atoms with Crippen LogP contribution in [0.5, 0.6) is 11.5 Å². The van der Waals surface area contributed by atoms with Gasteiger partial charge in [-0.15, -0.1) is 11.3 Å². The molecule has 2 aromatic rings. The normalized spacial score (nSPS) is 10.5. The molecule has 6 nitrogen and oxygen atoms in total. The van der Waals surface area contributed by atoms with Crippen molar-refractivity contribution in [3.63, 3.8) is 0 Å². The van der Waals surface area contributed by atoms with Crippen LogP contribution in [-0.2, 0) is 28.8 Å². The van der Waals surface area contributed by atoms with Gasteiger partial charge in [0.05, 0.1) is 14.2 Å². The smallest absolute Gasteiger partial charge is 0.348 e. The molecule has 0 fully saturated rings. The standard InChI is InChI=1S/C22H29NO5S/c1-5-7-19-16(6-2)13-20(29-19)22(25)28-14-21(24)23-11-10-15-8-9-17(26-3)18(12-15)27-4/h8-9,12-13H,5-7,10-11,14H2,1-4H3,(H,23,24). The van der Waals surface area contributed by atoms with Crippen LogP contribution in [-0.4, -0.2) is 39.2 Å². The van der Waals surface area contributed by atoms with Crippen molar-refractivity contribution in [3.05, 3.63) is 45.1 Å². The molecule has 0 unspecified atom stereocenters. The van der Waals surface area contributed by atoms with Crippen LogP contribution in [0.15, 0.2) is 24.3 Å². The van der Waals surface area contributed by atoms with Gasteiger partial charge < -0.3 is 19.5 Å². The molecule has 1 N–H and O–H groups in total. The van der Waals surface area contributed by atoms with E-state index in [2.05, 4.69) is 19.2 Å². The summed E-state index contributed by atoms with van der Waals surface area (Å²) in [5.41, 5.74) is 2.19. The number of esters is 1. The van der Waals surface area contributed by atoms with Crippen LogP contribution >= 0.6 is 11.3 Å². The van der Waals surface area contributed by atoms with Gasteiger partial charge in [-0.1, -0.05) is 26.3 Å². The number of nitrogens with one attached hydrogen (secondary N) is 1. The highest BCUT2D eigenvalue weighted by Gasteiger charge is 2.16. The zero-order chi connectivity index (χ0) is 21.2. The lowest BCUT2D eigenvalue weighted by molar-refractivity contribution is -0.124. The van der Waals surface area contributed by atoms with Crippen LogP contribution in [0, 0.1) is 0 Å². The Balaban J connectivity index is 1.79. The van der Waals surface area contributed by atoms with Crippen molar-refractivity contribution in [2.24, 2.45) is 0 Å². The lowest BCUT2D eigenvalue weighted by Crippen LogP contribution is -2.30. The highest BCUT2D eigenvalue weighted by atomic mass is 32.1. The molecular weight excluding hydrogens is 390 g/mol. The van der Waals surface area contributed by atoms with Crippen molar-refractivity contribution in [1.29, 1.82) is 0 Å². The summed E-state index contributed by atoms with van der Waals surface area (Å²) in [7, 11) is 3.17. The summed E-state index contributed by atoms with van der Waals surface area (Å²) >= 11 is 1.46. The second kappa shape index (κ2) is 11.5. The summed E-state index contributed by atoms with van der Waals surface area (Å²) in [6.45, 7) is 4.34. The van der Waals surface area contributed by atoms with Crippen LogP contribution in [0.1, 0.15) is 45.9 Å². The van der Waals surface area contributed by atoms with Gasteiger partial charge in [0.15, 0.2) is 18.1 Å². The first-order valence-corrected chi connectivity index (χ1v) is 10.6. The highest BCUT2D eigenvalue weighted by molar-refractivity contribution is 7.14. The minimum Gasteiger partial charge on any atom is -0.493 e. The van der Waals surface area contributed by atoms with E-state index >= 15 is 0 Å². The molecule has 7 heteroatoms. The van der Waals surface area contributed by atoms with Crippen molar-refractivity contribution in [1.82, 2.24) is 5.32 Å². The minimum absolute atomic E-state index is 0.284. The Bertz CT molecular complexity index is 831. The lowest BCUT2D eigenvalue weighted by Gasteiger charge is -2.10. The quantitative estimate of drug-likeness (QED) is 0.561. The Morgan fingerprint density at radius 2 is 1.79 bits per heavy atom. The molecule has 0 atom stereocenters. The third kappa shape index (κ3) is 6.49. The second-order valence-electron chi connectivity index (χ2n) is 6.53. The van der Waals surface area contributed by atoms with Gasteiger partial charge >= 0.3 is 5.97 Å². The van der Waals surface area contributed by atoms with Gasteiger partial charge in [-0.25, -0.2) is 4.79 Å². The average molecular weight is 420 g/mol. The number of ether oxygens (including phenoxy) is 3. The molecule has 1 aromatic carbocycles. The number of thiophene rings is 1. The van der Waals surface area contributed by atoms with E-state index in [-0.39, 0.29) is 12.5 Å². The van der Waals surface area contributed by atoms with E-state index in [1.165, 1.54) is 21.8 Å². The molecule has 0 aliphatic heterocycles. The van der Waals surface area contributed by atoms with Gasteiger partial charge in [0.25, 0.3) is 5.91 Å². The number of hydrogen-bond donors (Lipinski definition) is 1. The number of benzene rings is 1. The monoisotopic (exact) mass is 419 g/mol. The summed E-state index contributed by atoms with van der Waals surface area (Å²) in [5, 5.41) is 2.77. The SMILES string of the molecule is CCCc1sc(C(=O)OCC(=O)NCCc2ccc(OC)c(OC)c2)cc1CC. The van der Waals surface area contributed by atoms with Crippen LogP contribution in [0.25, 0.3) is 0 Å². The highest BCUT2D eigenvalue weighted by Crippen LogP contribution is 2.27. The fourth-order valence-corrected chi connectivity index (χ4v) is 4.19. The fourth-order valence-electron chi connectivity index (χ4n) is 2.94. The number of amides is 1. The van der Waals surface area contributed by atoms with Crippen LogP contribution in [0.3, 0.4) is 0 Å². The van der Waals surface area contributed by atoms with Gasteiger partial charge in [0.1, 0.15) is 4.88 Å². The Morgan fingerprint density at radius 3 is 2.45 bits per heavy atom. The number of aryl methyl sites for hydroxylation is 2. The molecule has 0 aliphatic carbocycles. The Kier molecular flexibility index (Phi) is 8.99. The van der Waals surface area contributed by atoms with E-state index < -0.39 is 5.97 Å². The molecule has 1 heterocycles. The average Bonchev–Trinajstić information content (AvgIpc) is 3.15. The molecule has 0 saturated heterocycles. The maximum Gasteiger partial charge on any atom is 0.348 e. The van der Waals surface area contributed by atoms with E-state index in [1.54, 1.807) is 14.2 Å². The van der Waals surface area contributed by atoms with Crippen molar-refractivity contribution in [2.75, 3.05) is 27.4 Å². The predicted octanol–water partition coefficient (Wildman–Crippen LogP) is 3.80. The topological polar surface area (TPSA) is 73.9 Å². The lowest BCUT2D eigenvalue weighted by atomic mass is 10.1. The predicted molar refractivity (Wildman–Crippen MR) is 114 cm³/mol. The van der Waals surface area contributed by atoms with Crippen LogP contribution in [0.2, 0.25) is 0 Å². The molecule has 29 heavy (non-hydrogen) atoms. The number of hydrogen-bond acceptors (Lipinski definition) is 6. The maximum atomic E-state index is 12.2. The van der Waals surface area contributed by atoms with E-state index in [0.29, 0.717) is 29.3 Å². The summed E-state index contributed by atoms with van der Waals surface area (Å²) in [6.07, 6.45) is 3.50. The van der Waals surface area contributed by atoms with Gasteiger partial charge in [-0.05, 0) is 48.6 Å². The van der Waals surface area contributed by atoms with Gasteiger partial charge in [0, 0.05) is 11.4 Å². The first-order valence-electron chi connectivity index (χ1n) is 9.78. The first kappa shape index (κ1) is 22.7. The molecule has 158 valence electrons. The Morgan fingerprint density at radius 1 is 1.03 bits per heavy atom. The molecule has 1 amide bonds. The molecule has 2 rings (SSSR count). The largest absolute Gasteiger partial charge is 0.493 e. The second-order valence-corrected chi connectivity index (χ2v) is 7.66. The van der Waals surface area contributed by atoms with Crippen molar-refractivity contribution < 1.29 is 23.8 Å². The van der Waals surface area contributed by atoms with Crippen molar-refractivity contribution in [3.8, 4) is 11.5 Å². The summed E-state index contributed by atoms with van der Waals surface area (Å²) < 4.78 is 15.7. The summed E-state index contributed by atoms with van der Waals surface area (Å²) in [4.78, 5) is 26.0. The van der Waals surface area contributed by atoms with E-state index in [4.69, 9.17) is 14.2 Å². The molecule has 0 spiro atoms. The number of carbonyl (C=O) groups excluding carboxylic acids is 2. The summed E-state index contributed by atoms with van der Waals surface area (Å²) in [5.74, 6) is 0.547. The first-order chi connectivity index (χ1) is 14.0. The van der Waals surface area contributed by atoms with Gasteiger partial charge in [0.2, 0.25) is 0 Å². The van der Waals surface area contributed by atoms with Crippen molar-refractivity contribution in [2.45, 2.75) is 39.5 Å². The summed E-state index contributed by atoms with van der Waals surface area (Å²) in [6, 6.07) is 7.51. The van der Waals surface area contributed by atoms with Crippen LogP contribution in [0.4, 0.5) is 0 Å². The Hall–Kier alpha value is -2.54. The molecule has 0 aliphatic rings. The third-order valence-corrected chi connectivity index (χ3v) is 5.69. The third-order valence-electron chi connectivity index (χ3n) is 4.47. The molecule has 0 bridgehead atoms. The van der Waals surface area contributed by atoms with Gasteiger partial charge in [-0.2, -0.15) is 0 Å². The molecular formula is C22H29NO5S. The molecule has 0 saturated carbocycles. The van der Waals surface area contributed by atoms with Crippen LogP contribution < -0.4 is 14.8 Å².